The fraction of sp³-hybridized carbons (Fsp3) is 0.312. The van der Waals surface area contributed by atoms with Crippen molar-refractivity contribution >= 4 is 39.8 Å². The van der Waals surface area contributed by atoms with Crippen LogP contribution in [0.3, 0.4) is 0 Å². The van der Waals surface area contributed by atoms with Crippen molar-refractivity contribution in [2.75, 3.05) is 17.3 Å². The predicted molar refractivity (Wildman–Crippen MR) is 91.6 cm³/mol. The first-order valence-corrected chi connectivity index (χ1v) is 8.47. The Morgan fingerprint density at radius 2 is 2.08 bits per heavy atom. The van der Waals surface area contributed by atoms with Gasteiger partial charge in [0.1, 0.15) is 17.7 Å². The van der Waals surface area contributed by atoms with Crippen molar-refractivity contribution in [1.29, 1.82) is 0 Å². The van der Waals surface area contributed by atoms with Gasteiger partial charge in [-0.1, -0.05) is 30.4 Å². The topological polar surface area (TPSA) is 101 Å². The summed E-state index contributed by atoms with van der Waals surface area (Å²) in [5, 5.41) is 11.4. The molecule has 0 bridgehead atoms. The van der Waals surface area contributed by atoms with E-state index in [0.29, 0.717) is 34.4 Å². The van der Waals surface area contributed by atoms with Crippen LogP contribution in [0.15, 0.2) is 24.3 Å². The van der Waals surface area contributed by atoms with Crippen LogP contribution < -0.4 is 10.2 Å². The summed E-state index contributed by atoms with van der Waals surface area (Å²) in [6.45, 7) is 2.08. The second kappa shape index (κ2) is 7.08. The predicted octanol–water partition coefficient (Wildman–Crippen LogP) is 1.63. The highest BCUT2D eigenvalue weighted by molar-refractivity contribution is 7.15. The van der Waals surface area contributed by atoms with E-state index in [1.807, 2.05) is 0 Å². The van der Waals surface area contributed by atoms with Gasteiger partial charge in [-0.05, 0) is 18.6 Å². The molecule has 1 aliphatic heterocycles. The highest BCUT2D eigenvalue weighted by Crippen LogP contribution is 2.31. The minimum Gasteiger partial charge on any atom is -0.377 e. The van der Waals surface area contributed by atoms with Crippen molar-refractivity contribution in [2.24, 2.45) is 0 Å². The number of hydrogen-bond donors (Lipinski definition) is 1. The van der Waals surface area contributed by atoms with E-state index in [-0.39, 0.29) is 0 Å². The van der Waals surface area contributed by atoms with E-state index in [9.17, 15) is 14.4 Å². The van der Waals surface area contributed by atoms with Gasteiger partial charge in [0.05, 0.1) is 11.3 Å². The first-order chi connectivity index (χ1) is 12.1. The van der Waals surface area contributed by atoms with Crippen LogP contribution in [0.5, 0.6) is 0 Å². The molecule has 1 N–H and O–H groups in total. The van der Waals surface area contributed by atoms with Crippen molar-refractivity contribution < 1.29 is 19.1 Å². The second-order valence-corrected chi connectivity index (χ2v) is 6.43. The molecule has 0 aliphatic carbocycles. The average molecular weight is 360 g/mol. The SMILES string of the molecule is CCC(C(=O)Nc1nnc(COC)s1)N1C(=O)C(=O)c2ccccc21. The van der Waals surface area contributed by atoms with Crippen LogP contribution in [-0.2, 0) is 20.9 Å². The average Bonchev–Trinajstić information content (AvgIpc) is 3.14. The number of methoxy groups -OCH3 is 1. The number of anilines is 2. The standard InChI is InChI=1S/C16H16N4O4S/c1-3-10(14(22)17-16-19-18-12(25-16)8-24-2)20-11-7-5-4-6-9(11)13(21)15(20)23/h4-7,10H,3,8H2,1-2H3,(H,17,19,22). The van der Waals surface area contributed by atoms with Gasteiger partial charge in [-0.15, -0.1) is 10.2 Å². The zero-order valence-corrected chi connectivity index (χ0v) is 14.5. The van der Waals surface area contributed by atoms with E-state index in [1.165, 1.54) is 16.2 Å². The van der Waals surface area contributed by atoms with Crippen LogP contribution in [0.4, 0.5) is 10.8 Å². The highest BCUT2D eigenvalue weighted by atomic mass is 32.1. The number of fused-ring (bicyclic) bond motifs is 1. The normalized spacial score (nSPS) is 14.6. The Balaban J connectivity index is 1.83. The Morgan fingerprint density at radius 3 is 2.80 bits per heavy atom. The summed E-state index contributed by atoms with van der Waals surface area (Å²) in [6.07, 6.45) is 0.350. The fourth-order valence-corrected chi connectivity index (χ4v) is 3.39. The van der Waals surface area contributed by atoms with Gasteiger partial charge >= 0.3 is 0 Å². The van der Waals surface area contributed by atoms with Crippen molar-refractivity contribution in [3.63, 3.8) is 0 Å². The largest absolute Gasteiger partial charge is 0.377 e. The molecule has 8 nitrogen and oxygen atoms in total. The Kier molecular flexibility index (Phi) is 4.86. The molecule has 0 saturated carbocycles. The molecule has 9 heteroatoms. The summed E-state index contributed by atoms with van der Waals surface area (Å²) in [5.74, 6) is -1.71. The number of hydrogen-bond acceptors (Lipinski definition) is 7. The van der Waals surface area contributed by atoms with Gasteiger partial charge in [0.25, 0.3) is 11.7 Å². The molecule has 1 unspecified atom stereocenters. The molecule has 130 valence electrons. The van der Waals surface area contributed by atoms with Gasteiger partial charge in [-0.3, -0.25) is 24.6 Å². The van der Waals surface area contributed by atoms with Crippen molar-refractivity contribution in [3.05, 3.63) is 34.8 Å². The van der Waals surface area contributed by atoms with E-state index in [1.54, 1.807) is 38.3 Å². The quantitative estimate of drug-likeness (QED) is 0.786. The number of carbonyl (C=O) groups excluding carboxylic acids is 3. The highest BCUT2D eigenvalue weighted by Gasteiger charge is 2.41. The molecule has 0 saturated heterocycles. The minimum atomic E-state index is -0.810. The van der Waals surface area contributed by atoms with Gasteiger partial charge in [-0.25, -0.2) is 0 Å². The smallest absolute Gasteiger partial charge is 0.300 e. The molecule has 2 amide bonds. The summed E-state index contributed by atoms with van der Waals surface area (Å²) in [4.78, 5) is 38.4. The van der Waals surface area contributed by atoms with Gasteiger partial charge < -0.3 is 4.74 Å². The molecule has 0 fully saturated rings. The number of nitrogens with zero attached hydrogens (tertiary/aromatic N) is 3. The lowest BCUT2D eigenvalue weighted by molar-refractivity contribution is -0.121. The molecule has 1 atom stereocenters. The van der Waals surface area contributed by atoms with Crippen LogP contribution in [-0.4, -0.2) is 40.9 Å². The Morgan fingerprint density at radius 1 is 1.32 bits per heavy atom. The van der Waals surface area contributed by atoms with Crippen LogP contribution in [0.1, 0.15) is 28.7 Å². The molecule has 2 aromatic rings. The van der Waals surface area contributed by atoms with E-state index >= 15 is 0 Å². The zero-order chi connectivity index (χ0) is 18.0. The first kappa shape index (κ1) is 17.2. The maximum Gasteiger partial charge on any atom is 0.300 e. The number of Topliss-reactive ketones (excluding diaryl/α,β-unsaturated/α-hetero) is 1. The third-order valence-corrected chi connectivity index (χ3v) is 4.60. The lowest BCUT2D eigenvalue weighted by atomic mass is 10.1. The number of para-hydroxylation sites is 1. The Labute approximate surface area is 147 Å². The maximum atomic E-state index is 12.7. The fourth-order valence-electron chi connectivity index (χ4n) is 2.68. The van der Waals surface area contributed by atoms with Crippen LogP contribution in [0.25, 0.3) is 0 Å². The molecule has 25 heavy (non-hydrogen) atoms. The first-order valence-electron chi connectivity index (χ1n) is 7.66. The van der Waals surface area contributed by atoms with Crippen LogP contribution in [0.2, 0.25) is 0 Å². The van der Waals surface area contributed by atoms with Crippen LogP contribution in [0, 0.1) is 0 Å². The van der Waals surface area contributed by atoms with Crippen molar-refractivity contribution in [2.45, 2.75) is 26.0 Å². The summed E-state index contributed by atoms with van der Waals surface area (Å²) >= 11 is 1.19. The molecule has 0 radical (unpaired) electrons. The Bertz CT molecular complexity index is 835. The van der Waals surface area contributed by atoms with Gasteiger partial charge in [-0.2, -0.15) is 0 Å². The van der Waals surface area contributed by atoms with Crippen molar-refractivity contribution in [3.8, 4) is 0 Å². The summed E-state index contributed by atoms with van der Waals surface area (Å²) in [6, 6.07) is 5.85. The number of aromatic nitrogens is 2. The monoisotopic (exact) mass is 360 g/mol. The third-order valence-electron chi connectivity index (χ3n) is 3.79. The van der Waals surface area contributed by atoms with Crippen LogP contribution >= 0.6 is 11.3 Å². The van der Waals surface area contributed by atoms with Crippen molar-refractivity contribution in [1.82, 2.24) is 10.2 Å². The summed E-state index contributed by atoms with van der Waals surface area (Å²) in [7, 11) is 1.54. The van der Waals surface area contributed by atoms with Gasteiger partial charge in [0.15, 0.2) is 0 Å². The molecule has 2 heterocycles. The van der Waals surface area contributed by atoms with E-state index in [4.69, 9.17) is 4.74 Å². The molecular weight excluding hydrogens is 344 g/mol. The number of rotatable bonds is 6. The number of ketones is 1. The number of benzene rings is 1. The number of carbonyl (C=O) groups is 3. The van der Waals surface area contributed by atoms with Gasteiger partial charge in [0.2, 0.25) is 11.0 Å². The summed E-state index contributed by atoms with van der Waals surface area (Å²) in [5.41, 5.74) is 0.772. The second-order valence-electron chi connectivity index (χ2n) is 5.37. The molecular formula is C16H16N4O4S. The minimum absolute atomic E-state index is 0.303. The number of nitrogens with one attached hydrogen (secondary N) is 1. The molecule has 0 spiro atoms. The van der Waals surface area contributed by atoms with E-state index in [0.717, 1.165) is 0 Å². The van der Waals surface area contributed by atoms with E-state index < -0.39 is 23.6 Å². The maximum absolute atomic E-state index is 12.7. The lowest BCUT2D eigenvalue weighted by Gasteiger charge is -2.25. The molecule has 1 aromatic heterocycles. The third kappa shape index (κ3) is 3.15. The molecule has 1 aliphatic rings. The lowest BCUT2D eigenvalue weighted by Crippen LogP contribution is -2.46. The molecule has 3 rings (SSSR count). The Hall–Kier alpha value is -2.65. The number of amides is 2. The number of ether oxygens (including phenoxy) is 1. The molecule has 1 aromatic carbocycles. The van der Waals surface area contributed by atoms with Gasteiger partial charge in [0, 0.05) is 7.11 Å². The summed E-state index contributed by atoms with van der Waals surface area (Å²) < 4.78 is 4.97. The van der Waals surface area contributed by atoms with E-state index in [2.05, 4.69) is 15.5 Å². The zero-order valence-electron chi connectivity index (χ0n) is 13.7.